The summed E-state index contributed by atoms with van der Waals surface area (Å²) in [7, 11) is 0. The third-order valence-corrected chi connectivity index (χ3v) is 4.44. The van der Waals surface area contributed by atoms with E-state index in [0.717, 1.165) is 18.5 Å². The lowest BCUT2D eigenvalue weighted by Gasteiger charge is -2.26. The van der Waals surface area contributed by atoms with E-state index in [4.69, 9.17) is 0 Å². The molecule has 1 aromatic rings. The van der Waals surface area contributed by atoms with Gasteiger partial charge in [-0.3, -0.25) is 4.21 Å². The van der Waals surface area contributed by atoms with Crippen LogP contribution in [0.15, 0.2) is 30.3 Å². The van der Waals surface area contributed by atoms with Gasteiger partial charge in [0.1, 0.15) is 0 Å². The molecule has 21 heavy (non-hydrogen) atoms. The van der Waals surface area contributed by atoms with Crippen molar-refractivity contribution in [2.75, 3.05) is 10.8 Å². The van der Waals surface area contributed by atoms with Gasteiger partial charge in [-0.2, -0.15) is 0 Å². The van der Waals surface area contributed by atoms with Crippen molar-refractivity contribution in [1.29, 1.82) is 0 Å². The summed E-state index contributed by atoms with van der Waals surface area (Å²) in [5.41, 5.74) is 0.755. The van der Waals surface area contributed by atoms with Gasteiger partial charge in [0.2, 0.25) is 0 Å². The number of hydrogen-bond donors (Lipinski definition) is 0. The quantitative estimate of drug-likeness (QED) is 0.410. The minimum Gasteiger partial charge on any atom is -0.755 e. The molecule has 0 N–H and O–H groups in total. The first kappa shape index (κ1) is 18.2. The van der Waals surface area contributed by atoms with Gasteiger partial charge in [0.05, 0.1) is 0 Å². The molecule has 1 unspecified atom stereocenters. The fourth-order valence-electron chi connectivity index (χ4n) is 2.45. The largest absolute Gasteiger partial charge is 0.755 e. The van der Waals surface area contributed by atoms with E-state index in [0.29, 0.717) is 6.54 Å². The summed E-state index contributed by atoms with van der Waals surface area (Å²) in [6, 6.07) is 9.30. The maximum Gasteiger partial charge on any atom is 0.0482 e. The predicted molar refractivity (Wildman–Crippen MR) is 89.9 cm³/mol. The number of para-hydroxylation sites is 1. The highest BCUT2D eigenvalue weighted by atomic mass is 32.2. The zero-order chi connectivity index (χ0) is 15.3. The van der Waals surface area contributed by atoms with Crippen LogP contribution in [0.3, 0.4) is 0 Å². The van der Waals surface area contributed by atoms with Crippen molar-refractivity contribution >= 4 is 17.0 Å². The van der Waals surface area contributed by atoms with Crippen LogP contribution in [0.1, 0.15) is 64.7 Å². The van der Waals surface area contributed by atoms with E-state index in [2.05, 4.69) is 6.92 Å². The maximum absolute atomic E-state index is 11.3. The summed E-state index contributed by atoms with van der Waals surface area (Å²) >= 11 is -2.18. The Morgan fingerprint density at radius 1 is 0.905 bits per heavy atom. The van der Waals surface area contributed by atoms with Crippen LogP contribution in [0.25, 0.3) is 0 Å². The standard InChI is InChI=1S/C17H29NO2S/c1-2-3-4-5-6-7-8-9-13-16-18(21(19)20)17-14-11-10-12-15-17/h10-12,14-15H,2-9,13,16H2,1H3,(H,19,20)/p-1. The summed E-state index contributed by atoms with van der Waals surface area (Å²) in [5, 5.41) is 0. The Kier molecular flexibility index (Phi) is 10.2. The Bertz CT molecular complexity index is 384. The molecule has 0 saturated carbocycles. The third-order valence-electron chi connectivity index (χ3n) is 3.69. The number of benzene rings is 1. The second kappa shape index (κ2) is 11.8. The van der Waals surface area contributed by atoms with E-state index in [1.165, 1.54) is 49.3 Å². The molecule has 0 amide bonds. The highest BCUT2D eigenvalue weighted by Crippen LogP contribution is 2.16. The molecule has 0 fully saturated rings. The third kappa shape index (κ3) is 8.22. The molecule has 0 bridgehead atoms. The van der Waals surface area contributed by atoms with Crippen molar-refractivity contribution in [3.63, 3.8) is 0 Å². The molecular weight excluding hydrogens is 282 g/mol. The van der Waals surface area contributed by atoms with Crippen molar-refractivity contribution in [3.05, 3.63) is 30.3 Å². The summed E-state index contributed by atoms with van der Waals surface area (Å²) in [4.78, 5) is 0. The molecule has 0 aliphatic carbocycles. The second-order valence-corrected chi connectivity index (χ2v) is 6.36. The summed E-state index contributed by atoms with van der Waals surface area (Å²) < 4.78 is 24.0. The van der Waals surface area contributed by atoms with Crippen LogP contribution in [0.2, 0.25) is 0 Å². The first-order chi connectivity index (χ1) is 10.3. The molecule has 1 atom stereocenters. The fraction of sp³-hybridized carbons (Fsp3) is 0.647. The molecule has 1 aromatic carbocycles. The molecule has 0 saturated heterocycles. The lowest BCUT2D eigenvalue weighted by Crippen LogP contribution is -2.26. The van der Waals surface area contributed by atoms with Crippen LogP contribution in [0.5, 0.6) is 0 Å². The normalized spacial score (nSPS) is 12.3. The van der Waals surface area contributed by atoms with Gasteiger partial charge < -0.3 is 8.86 Å². The molecule has 0 aliphatic heterocycles. The monoisotopic (exact) mass is 310 g/mol. The van der Waals surface area contributed by atoms with Gasteiger partial charge in [-0.25, -0.2) is 0 Å². The van der Waals surface area contributed by atoms with E-state index < -0.39 is 11.3 Å². The number of anilines is 1. The van der Waals surface area contributed by atoms with Crippen molar-refractivity contribution in [3.8, 4) is 0 Å². The summed E-state index contributed by atoms with van der Waals surface area (Å²) in [6.45, 7) is 2.81. The van der Waals surface area contributed by atoms with Gasteiger partial charge in [0.15, 0.2) is 0 Å². The Hall–Kier alpha value is -0.870. The van der Waals surface area contributed by atoms with Gasteiger partial charge >= 0.3 is 0 Å². The van der Waals surface area contributed by atoms with Crippen molar-refractivity contribution in [2.24, 2.45) is 0 Å². The van der Waals surface area contributed by atoms with Crippen molar-refractivity contribution in [1.82, 2.24) is 0 Å². The van der Waals surface area contributed by atoms with Crippen LogP contribution in [-0.2, 0) is 11.3 Å². The molecule has 4 heteroatoms. The van der Waals surface area contributed by atoms with Crippen LogP contribution < -0.4 is 4.31 Å². The highest BCUT2D eigenvalue weighted by Gasteiger charge is 2.05. The van der Waals surface area contributed by atoms with Crippen LogP contribution in [0, 0.1) is 0 Å². The molecule has 0 radical (unpaired) electrons. The smallest absolute Gasteiger partial charge is 0.0482 e. The number of nitrogens with zero attached hydrogens (tertiary/aromatic N) is 1. The van der Waals surface area contributed by atoms with E-state index in [9.17, 15) is 8.76 Å². The average molecular weight is 310 g/mol. The van der Waals surface area contributed by atoms with Crippen LogP contribution in [0.4, 0.5) is 5.69 Å². The van der Waals surface area contributed by atoms with Crippen molar-refractivity contribution < 1.29 is 8.76 Å². The molecule has 120 valence electrons. The lowest BCUT2D eigenvalue weighted by atomic mass is 10.1. The molecule has 3 nitrogen and oxygen atoms in total. The Morgan fingerprint density at radius 2 is 1.43 bits per heavy atom. The SMILES string of the molecule is CCCCCCCCCCCN(c1ccccc1)S(=O)[O-]. The van der Waals surface area contributed by atoms with E-state index in [1.54, 1.807) is 0 Å². The van der Waals surface area contributed by atoms with Crippen LogP contribution in [-0.4, -0.2) is 15.3 Å². The molecule has 1 rings (SSSR count). The lowest BCUT2D eigenvalue weighted by molar-refractivity contribution is 0.527. The van der Waals surface area contributed by atoms with Gasteiger partial charge in [-0.1, -0.05) is 76.5 Å². The van der Waals surface area contributed by atoms with E-state index in [-0.39, 0.29) is 0 Å². The molecule has 0 aliphatic rings. The Labute approximate surface area is 132 Å². The number of unbranched alkanes of at least 4 members (excludes halogenated alkanes) is 8. The molecule has 0 spiro atoms. The van der Waals surface area contributed by atoms with Gasteiger partial charge in [-0.15, -0.1) is 0 Å². The van der Waals surface area contributed by atoms with Gasteiger partial charge in [-0.05, 0) is 18.6 Å². The first-order valence-electron chi connectivity index (χ1n) is 8.17. The Morgan fingerprint density at radius 3 is 1.95 bits per heavy atom. The number of hydrogen-bond acceptors (Lipinski definition) is 2. The highest BCUT2D eigenvalue weighted by molar-refractivity contribution is 7.80. The van der Waals surface area contributed by atoms with Gasteiger partial charge in [0, 0.05) is 23.5 Å². The molecule has 0 heterocycles. The zero-order valence-corrected chi connectivity index (χ0v) is 13.9. The van der Waals surface area contributed by atoms with E-state index in [1.807, 2.05) is 30.3 Å². The Balaban J connectivity index is 2.13. The van der Waals surface area contributed by atoms with Crippen LogP contribution >= 0.6 is 0 Å². The average Bonchev–Trinajstić information content (AvgIpc) is 2.50. The minimum absolute atomic E-state index is 0.579. The first-order valence-corrected chi connectivity index (χ1v) is 9.21. The zero-order valence-electron chi connectivity index (χ0n) is 13.1. The summed E-state index contributed by atoms with van der Waals surface area (Å²) in [5.74, 6) is 0. The second-order valence-electron chi connectivity index (χ2n) is 5.48. The fourth-order valence-corrected chi connectivity index (χ4v) is 3.02. The van der Waals surface area contributed by atoms with Gasteiger partial charge in [0.25, 0.3) is 0 Å². The van der Waals surface area contributed by atoms with E-state index >= 15 is 0 Å². The molecular formula is C17H28NO2S-. The molecule has 0 aromatic heterocycles. The minimum atomic E-state index is -2.18. The predicted octanol–water partition coefficient (Wildman–Crippen LogP) is 4.82. The maximum atomic E-state index is 11.3. The topological polar surface area (TPSA) is 43.4 Å². The van der Waals surface area contributed by atoms with Crippen molar-refractivity contribution in [2.45, 2.75) is 64.7 Å². The number of rotatable bonds is 12. The summed E-state index contributed by atoms with van der Waals surface area (Å²) in [6.07, 6.45) is 11.2.